The summed E-state index contributed by atoms with van der Waals surface area (Å²) >= 11 is 1.05. The van der Waals surface area contributed by atoms with Gasteiger partial charge in [-0.1, -0.05) is 6.07 Å². The van der Waals surface area contributed by atoms with Crippen molar-refractivity contribution < 1.29 is 8.42 Å². The lowest BCUT2D eigenvalue weighted by atomic mass is 10.7. The summed E-state index contributed by atoms with van der Waals surface area (Å²) in [5.41, 5.74) is 0. The smallest absolute Gasteiger partial charge is 0.199 e. The summed E-state index contributed by atoms with van der Waals surface area (Å²) in [5, 5.41) is 3.93. The van der Waals surface area contributed by atoms with Crippen molar-refractivity contribution in [3.05, 3.63) is 22.4 Å². The molecule has 1 aromatic rings. The molecule has 1 heterocycles. The zero-order valence-corrected chi connectivity index (χ0v) is 7.80. The molecule has 0 saturated heterocycles. The van der Waals surface area contributed by atoms with E-state index in [0.717, 1.165) is 18.4 Å². The standard InChI is InChI=1S/C5H6N2O3S2/c1-7(6-8)12(9,10)5-3-2-4-11-5/h2-4H,1H3. The van der Waals surface area contributed by atoms with E-state index >= 15 is 0 Å². The van der Waals surface area contributed by atoms with Crippen molar-refractivity contribution in [2.45, 2.75) is 4.21 Å². The van der Waals surface area contributed by atoms with Gasteiger partial charge in [-0.3, -0.25) is 0 Å². The monoisotopic (exact) mass is 206 g/mol. The lowest BCUT2D eigenvalue weighted by Gasteiger charge is -2.06. The molecule has 7 heteroatoms. The number of sulfonamides is 1. The Labute approximate surface area is 73.6 Å². The molecule has 0 radical (unpaired) electrons. The van der Waals surface area contributed by atoms with Crippen molar-refractivity contribution in [3.8, 4) is 0 Å². The molecule has 66 valence electrons. The van der Waals surface area contributed by atoms with Crippen LogP contribution >= 0.6 is 11.3 Å². The van der Waals surface area contributed by atoms with Crippen molar-refractivity contribution in [1.82, 2.24) is 4.41 Å². The molecule has 1 rings (SSSR count). The molecule has 0 bridgehead atoms. The second-order valence-corrected chi connectivity index (χ2v) is 5.08. The van der Waals surface area contributed by atoms with Crippen LogP contribution in [-0.2, 0) is 10.0 Å². The Bertz CT molecular complexity index is 356. The molecule has 0 unspecified atom stereocenters. The van der Waals surface area contributed by atoms with E-state index in [0.29, 0.717) is 4.41 Å². The maximum absolute atomic E-state index is 11.3. The van der Waals surface area contributed by atoms with Gasteiger partial charge in [-0.2, -0.15) is 12.8 Å². The van der Waals surface area contributed by atoms with Gasteiger partial charge >= 0.3 is 0 Å². The quantitative estimate of drug-likeness (QED) is 0.548. The first-order chi connectivity index (χ1) is 5.59. The molecule has 0 N–H and O–H groups in total. The van der Waals surface area contributed by atoms with Gasteiger partial charge in [0.05, 0.1) is 5.29 Å². The van der Waals surface area contributed by atoms with Crippen LogP contribution in [0, 0.1) is 4.91 Å². The van der Waals surface area contributed by atoms with E-state index in [1.54, 1.807) is 11.4 Å². The summed E-state index contributed by atoms with van der Waals surface area (Å²) in [4.78, 5) is 9.95. The van der Waals surface area contributed by atoms with Gasteiger partial charge < -0.3 is 0 Å². The predicted octanol–water partition coefficient (Wildman–Crippen LogP) is 1.05. The Morgan fingerprint density at radius 3 is 2.67 bits per heavy atom. The number of nitroso groups, excluding NO2 is 1. The zero-order chi connectivity index (χ0) is 9.19. The Morgan fingerprint density at radius 1 is 1.58 bits per heavy atom. The van der Waals surface area contributed by atoms with Crippen LogP contribution in [0.1, 0.15) is 0 Å². The van der Waals surface area contributed by atoms with E-state index < -0.39 is 10.0 Å². The van der Waals surface area contributed by atoms with Crippen molar-refractivity contribution in [3.63, 3.8) is 0 Å². The largest absolute Gasteiger partial charge is 0.290 e. The second kappa shape index (κ2) is 3.20. The van der Waals surface area contributed by atoms with E-state index in [4.69, 9.17) is 0 Å². The Kier molecular flexibility index (Phi) is 2.43. The molecule has 12 heavy (non-hydrogen) atoms. The SMILES string of the molecule is CN(N=O)S(=O)(=O)c1cccs1. The predicted molar refractivity (Wildman–Crippen MR) is 45.1 cm³/mol. The Balaban J connectivity index is 3.11. The van der Waals surface area contributed by atoms with Gasteiger partial charge in [-0.15, -0.1) is 16.2 Å². The van der Waals surface area contributed by atoms with Crippen LogP contribution in [0.3, 0.4) is 0 Å². The third-order valence-corrected chi connectivity index (χ3v) is 4.20. The topological polar surface area (TPSA) is 66.8 Å². The minimum absolute atomic E-state index is 0.115. The van der Waals surface area contributed by atoms with Crippen LogP contribution in [0.2, 0.25) is 0 Å². The minimum Gasteiger partial charge on any atom is -0.199 e. The van der Waals surface area contributed by atoms with Crippen molar-refractivity contribution >= 4 is 21.4 Å². The molecule has 1 aromatic heterocycles. The highest BCUT2D eigenvalue weighted by Gasteiger charge is 2.20. The average molecular weight is 206 g/mol. The maximum atomic E-state index is 11.3. The molecule has 0 aliphatic carbocycles. The van der Waals surface area contributed by atoms with Crippen LogP contribution in [0.4, 0.5) is 0 Å². The molecule has 0 fully saturated rings. The normalized spacial score (nSPS) is 11.1. The van der Waals surface area contributed by atoms with Gasteiger partial charge in [0.15, 0.2) is 0 Å². The fourth-order valence-electron chi connectivity index (χ4n) is 0.584. The molecule has 0 aromatic carbocycles. The summed E-state index contributed by atoms with van der Waals surface area (Å²) in [6.45, 7) is 0. The van der Waals surface area contributed by atoms with Gasteiger partial charge in [-0.25, -0.2) is 0 Å². The second-order valence-electron chi connectivity index (χ2n) is 1.95. The third kappa shape index (κ3) is 1.46. The summed E-state index contributed by atoms with van der Waals surface area (Å²) < 4.78 is 23.1. The van der Waals surface area contributed by atoms with Gasteiger partial charge in [0.25, 0.3) is 10.0 Å². The van der Waals surface area contributed by atoms with Gasteiger partial charge in [-0.05, 0) is 11.4 Å². The van der Waals surface area contributed by atoms with Crippen LogP contribution < -0.4 is 0 Å². The van der Waals surface area contributed by atoms with E-state index in [-0.39, 0.29) is 4.21 Å². The molecule has 0 amide bonds. The van der Waals surface area contributed by atoms with E-state index in [9.17, 15) is 13.3 Å². The molecular formula is C5H6N2O3S2. The van der Waals surface area contributed by atoms with Gasteiger partial charge in [0, 0.05) is 7.05 Å². The third-order valence-electron chi connectivity index (χ3n) is 1.21. The highest BCUT2D eigenvalue weighted by atomic mass is 32.2. The first-order valence-electron chi connectivity index (χ1n) is 2.94. The molecule has 0 aliphatic heterocycles. The Hall–Kier alpha value is -0.950. The Morgan fingerprint density at radius 2 is 2.25 bits per heavy atom. The number of hydrogen-bond acceptors (Lipinski definition) is 5. The van der Waals surface area contributed by atoms with E-state index in [1.165, 1.54) is 6.07 Å². The first-order valence-corrected chi connectivity index (χ1v) is 5.26. The highest BCUT2D eigenvalue weighted by Crippen LogP contribution is 2.19. The molecule has 5 nitrogen and oxygen atoms in total. The number of rotatable bonds is 3. The number of thiophene rings is 1. The van der Waals surface area contributed by atoms with Crippen LogP contribution in [0.5, 0.6) is 0 Å². The summed E-state index contributed by atoms with van der Waals surface area (Å²) in [6.07, 6.45) is 0. The van der Waals surface area contributed by atoms with Crippen molar-refractivity contribution in [2.75, 3.05) is 7.05 Å². The highest BCUT2D eigenvalue weighted by molar-refractivity contribution is 7.91. The molecule has 0 spiro atoms. The summed E-state index contributed by atoms with van der Waals surface area (Å²) in [7, 11) is -2.57. The zero-order valence-electron chi connectivity index (χ0n) is 6.17. The molecule has 0 atom stereocenters. The van der Waals surface area contributed by atoms with Gasteiger partial charge in [0.2, 0.25) is 0 Å². The average Bonchev–Trinajstić information content (AvgIpc) is 2.55. The summed E-state index contributed by atoms with van der Waals surface area (Å²) in [6, 6.07) is 3.01. The number of nitrogens with zero attached hydrogens (tertiary/aromatic N) is 2. The lowest BCUT2D eigenvalue weighted by Crippen LogP contribution is -2.19. The molecule has 0 aliphatic rings. The van der Waals surface area contributed by atoms with Crippen LogP contribution in [0.15, 0.2) is 27.0 Å². The van der Waals surface area contributed by atoms with E-state index in [2.05, 4.69) is 5.29 Å². The maximum Gasteiger partial charge on any atom is 0.290 e. The van der Waals surface area contributed by atoms with Gasteiger partial charge in [0.1, 0.15) is 4.21 Å². The molecule has 0 saturated carbocycles. The fourth-order valence-corrected chi connectivity index (χ4v) is 2.61. The minimum atomic E-state index is -3.67. The summed E-state index contributed by atoms with van der Waals surface area (Å²) in [5.74, 6) is 0. The van der Waals surface area contributed by atoms with Crippen molar-refractivity contribution in [1.29, 1.82) is 0 Å². The number of hydrogen-bond donors (Lipinski definition) is 0. The van der Waals surface area contributed by atoms with Crippen LogP contribution in [0.25, 0.3) is 0 Å². The lowest BCUT2D eigenvalue weighted by molar-refractivity contribution is 0.488. The van der Waals surface area contributed by atoms with Crippen LogP contribution in [-0.4, -0.2) is 19.9 Å². The fraction of sp³-hybridized carbons (Fsp3) is 0.200. The van der Waals surface area contributed by atoms with Crippen molar-refractivity contribution in [2.24, 2.45) is 5.29 Å². The van der Waals surface area contributed by atoms with E-state index in [1.807, 2.05) is 0 Å². The molecular weight excluding hydrogens is 200 g/mol. The first kappa shape index (κ1) is 9.14.